The van der Waals surface area contributed by atoms with E-state index in [2.05, 4.69) is 10.6 Å². The maximum atomic E-state index is 12.1. The molecule has 0 spiro atoms. The summed E-state index contributed by atoms with van der Waals surface area (Å²) in [5.41, 5.74) is 1.76. The number of non-ortho nitro benzene ring substituents is 1. The molecule has 108 valence electrons. The lowest BCUT2D eigenvalue weighted by Crippen LogP contribution is -2.12. The van der Waals surface area contributed by atoms with Crippen molar-refractivity contribution < 1.29 is 9.72 Å². The molecule has 0 atom stereocenters. The molecular weight excluding hydrogens is 270 g/mol. The highest BCUT2D eigenvalue weighted by Gasteiger charge is 2.09. The van der Waals surface area contributed by atoms with Gasteiger partial charge in [0.1, 0.15) is 0 Å². The van der Waals surface area contributed by atoms with Crippen LogP contribution in [-0.2, 0) is 0 Å². The topological polar surface area (TPSA) is 84.3 Å². The minimum absolute atomic E-state index is 0.0599. The Balaban J connectivity index is 2.10. The van der Waals surface area contributed by atoms with Crippen LogP contribution in [0.2, 0.25) is 0 Å². The summed E-state index contributed by atoms with van der Waals surface area (Å²) < 4.78 is 0. The molecule has 0 heterocycles. The molecule has 0 bridgehead atoms. The zero-order chi connectivity index (χ0) is 15.2. The number of nitro benzene ring substituents is 1. The Morgan fingerprint density at radius 3 is 2.48 bits per heavy atom. The summed E-state index contributed by atoms with van der Waals surface area (Å²) in [6.07, 6.45) is 0. The first kappa shape index (κ1) is 14.5. The van der Waals surface area contributed by atoms with Crippen LogP contribution in [0.4, 0.5) is 17.1 Å². The molecule has 2 rings (SSSR count). The van der Waals surface area contributed by atoms with Crippen LogP contribution in [-0.4, -0.2) is 17.4 Å². The van der Waals surface area contributed by atoms with Gasteiger partial charge in [-0.1, -0.05) is 6.07 Å². The van der Waals surface area contributed by atoms with E-state index in [9.17, 15) is 14.9 Å². The van der Waals surface area contributed by atoms with Gasteiger partial charge in [-0.3, -0.25) is 14.9 Å². The van der Waals surface area contributed by atoms with Gasteiger partial charge >= 0.3 is 0 Å². The largest absolute Gasteiger partial charge is 0.385 e. The van der Waals surface area contributed by atoms with Crippen molar-refractivity contribution in [3.8, 4) is 0 Å². The van der Waals surface area contributed by atoms with E-state index < -0.39 is 4.92 Å². The predicted molar refractivity (Wildman–Crippen MR) is 81.7 cm³/mol. The number of carbonyl (C=O) groups is 1. The molecule has 0 aliphatic carbocycles. The van der Waals surface area contributed by atoms with Crippen LogP contribution >= 0.6 is 0 Å². The molecule has 0 saturated carbocycles. The van der Waals surface area contributed by atoms with Crippen molar-refractivity contribution in [3.63, 3.8) is 0 Å². The van der Waals surface area contributed by atoms with Gasteiger partial charge in [0.05, 0.1) is 4.92 Å². The minimum Gasteiger partial charge on any atom is -0.385 e. The summed E-state index contributed by atoms with van der Waals surface area (Å²) in [7, 11) is 0. The standard InChI is InChI=1S/C15H15N3O3/c1-2-16-12-8-6-11(7-9-12)15(19)17-13-4-3-5-14(10-13)18(20)21/h3-10,16H,2H2,1H3,(H,17,19). The second kappa shape index (κ2) is 6.51. The van der Waals surface area contributed by atoms with Gasteiger partial charge in [0.15, 0.2) is 0 Å². The zero-order valence-electron chi connectivity index (χ0n) is 11.5. The number of rotatable bonds is 5. The van der Waals surface area contributed by atoms with Gasteiger partial charge < -0.3 is 10.6 Å². The molecule has 6 nitrogen and oxygen atoms in total. The van der Waals surface area contributed by atoms with E-state index in [4.69, 9.17) is 0 Å². The van der Waals surface area contributed by atoms with Gasteiger partial charge in [-0.05, 0) is 37.3 Å². The SMILES string of the molecule is CCNc1ccc(C(=O)Nc2cccc([N+](=O)[O-])c2)cc1. The number of carbonyl (C=O) groups excluding carboxylic acids is 1. The van der Waals surface area contributed by atoms with Gasteiger partial charge in [0, 0.05) is 35.6 Å². The van der Waals surface area contributed by atoms with Crippen LogP contribution < -0.4 is 10.6 Å². The Hall–Kier alpha value is -2.89. The van der Waals surface area contributed by atoms with Crippen LogP contribution in [0, 0.1) is 10.1 Å². The van der Waals surface area contributed by atoms with E-state index in [0.29, 0.717) is 11.3 Å². The lowest BCUT2D eigenvalue weighted by molar-refractivity contribution is -0.384. The van der Waals surface area contributed by atoms with Crippen molar-refractivity contribution >= 4 is 23.0 Å². The smallest absolute Gasteiger partial charge is 0.271 e. The Labute approximate surface area is 121 Å². The Bertz CT molecular complexity index is 653. The third kappa shape index (κ3) is 3.79. The highest BCUT2D eigenvalue weighted by Crippen LogP contribution is 2.18. The van der Waals surface area contributed by atoms with Crippen molar-refractivity contribution in [1.29, 1.82) is 0 Å². The van der Waals surface area contributed by atoms with E-state index in [0.717, 1.165) is 12.2 Å². The molecule has 0 aliphatic rings. The van der Waals surface area contributed by atoms with Crippen LogP contribution in [0.25, 0.3) is 0 Å². The number of nitro groups is 1. The number of hydrogen-bond acceptors (Lipinski definition) is 4. The summed E-state index contributed by atoms with van der Waals surface area (Å²) in [6.45, 7) is 2.79. The average Bonchev–Trinajstić information content (AvgIpc) is 2.48. The highest BCUT2D eigenvalue weighted by atomic mass is 16.6. The molecule has 0 unspecified atom stereocenters. The molecule has 0 fully saturated rings. The molecule has 2 aromatic rings. The number of nitrogens with zero attached hydrogens (tertiary/aromatic N) is 1. The van der Waals surface area contributed by atoms with Crippen LogP contribution in [0.3, 0.4) is 0 Å². The van der Waals surface area contributed by atoms with E-state index in [1.165, 1.54) is 18.2 Å². The fraction of sp³-hybridized carbons (Fsp3) is 0.133. The van der Waals surface area contributed by atoms with Crippen molar-refractivity contribution in [2.75, 3.05) is 17.2 Å². The lowest BCUT2D eigenvalue weighted by atomic mass is 10.2. The monoisotopic (exact) mass is 285 g/mol. The maximum absolute atomic E-state index is 12.1. The van der Waals surface area contributed by atoms with Gasteiger partial charge in [-0.15, -0.1) is 0 Å². The fourth-order valence-corrected chi connectivity index (χ4v) is 1.84. The first-order chi connectivity index (χ1) is 10.1. The molecule has 0 saturated heterocycles. The summed E-state index contributed by atoms with van der Waals surface area (Å²) in [5.74, 6) is -0.307. The first-order valence-electron chi connectivity index (χ1n) is 6.50. The summed E-state index contributed by atoms with van der Waals surface area (Å²) in [5, 5.41) is 16.5. The third-order valence-corrected chi connectivity index (χ3v) is 2.84. The quantitative estimate of drug-likeness (QED) is 0.652. The summed E-state index contributed by atoms with van der Waals surface area (Å²) in [6, 6.07) is 12.9. The second-order valence-corrected chi connectivity index (χ2v) is 4.37. The van der Waals surface area contributed by atoms with E-state index in [1.54, 1.807) is 18.2 Å². The highest BCUT2D eigenvalue weighted by molar-refractivity contribution is 6.04. The molecule has 2 N–H and O–H groups in total. The molecule has 6 heteroatoms. The second-order valence-electron chi connectivity index (χ2n) is 4.37. The fourth-order valence-electron chi connectivity index (χ4n) is 1.84. The number of hydrogen-bond donors (Lipinski definition) is 2. The zero-order valence-corrected chi connectivity index (χ0v) is 11.5. The number of nitrogens with one attached hydrogen (secondary N) is 2. The van der Waals surface area contributed by atoms with Crippen LogP contribution in [0.5, 0.6) is 0 Å². The molecule has 0 aromatic heterocycles. The molecular formula is C15H15N3O3. The van der Waals surface area contributed by atoms with E-state index in [-0.39, 0.29) is 11.6 Å². The van der Waals surface area contributed by atoms with E-state index >= 15 is 0 Å². The minimum atomic E-state index is -0.499. The van der Waals surface area contributed by atoms with Gasteiger partial charge in [0.25, 0.3) is 11.6 Å². The lowest BCUT2D eigenvalue weighted by Gasteiger charge is -2.07. The molecule has 2 aromatic carbocycles. The molecule has 0 aliphatic heterocycles. The molecule has 0 radical (unpaired) electrons. The average molecular weight is 285 g/mol. The Kier molecular flexibility index (Phi) is 4.50. The predicted octanol–water partition coefficient (Wildman–Crippen LogP) is 3.28. The summed E-state index contributed by atoms with van der Waals surface area (Å²) >= 11 is 0. The Morgan fingerprint density at radius 1 is 1.14 bits per heavy atom. The molecule has 1 amide bonds. The van der Waals surface area contributed by atoms with Crippen molar-refractivity contribution in [3.05, 3.63) is 64.2 Å². The van der Waals surface area contributed by atoms with E-state index in [1.807, 2.05) is 19.1 Å². The number of anilines is 2. The van der Waals surface area contributed by atoms with Gasteiger partial charge in [0.2, 0.25) is 0 Å². The Morgan fingerprint density at radius 2 is 1.86 bits per heavy atom. The van der Waals surface area contributed by atoms with Crippen LogP contribution in [0.1, 0.15) is 17.3 Å². The number of amides is 1. The summed E-state index contributed by atoms with van der Waals surface area (Å²) in [4.78, 5) is 22.3. The van der Waals surface area contributed by atoms with Gasteiger partial charge in [-0.25, -0.2) is 0 Å². The third-order valence-electron chi connectivity index (χ3n) is 2.84. The molecule has 21 heavy (non-hydrogen) atoms. The first-order valence-corrected chi connectivity index (χ1v) is 6.50. The normalized spacial score (nSPS) is 9.95. The number of benzene rings is 2. The van der Waals surface area contributed by atoms with Gasteiger partial charge in [-0.2, -0.15) is 0 Å². The van der Waals surface area contributed by atoms with Crippen molar-refractivity contribution in [2.45, 2.75) is 6.92 Å². The maximum Gasteiger partial charge on any atom is 0.271 e. The van der Waals surface area contributed by atoms with Crippen molar-refractivity contribution in [1.82, 2.24) is 0 Å². The van der Waals surface area contributed by atoms with Crippen molar-refractivity contribution in [2.24, 2.45) is 0 Å². The van der Waals surface area contributed by atoms with Crippen LogP contribution in [0.15, 0.2) is 48.5 Å².